The molecule has 1 heterocycles. The largest absolute Gasteiger partial charge is 0.496 e. The second-order valence-corrected chi connectivity index (χ2v) is 8.75. The Morgan fingerprint density at radius 3 is 2.48 bits per heavy atom. The molecule has 0 bridgehead atoms. The first-order chi connectivity index (χ1) is 12.7. The standard InChI is InChI=1S/C21H26N2O3S/c1-13-6-7-19-18(10-13)17(16(4)23-19)8-9-22-27(24,25)21-12-14(2)20(26-5)11-15(21)3/h6-7,10-12,22-23H,8-9H2,1-5H3. The number of benzene rings is 2. The molecule has 6 heteroatoms. The molecule has 0 aliphatic carbocycles. The summed E-state index contributed by atoms with van der Waals surface area (Å²) in [5, 5.41) is 1.16. The van der Waals surface area contributed by atoms with E-state index in [2.05, 4.69) is 34.8 Å². The Morgan fingerprint density at radius 2 is 1.78 bits per heavy atom. The molecule has 27 heavy (non-hydrogen) atoms. The number of fused-ring (bicyclic) bond motifs is 1. The molecule has 0 aliphatic heterocycles. The number of H-pyrrole nitrogens is 1. The second-order valence-electron chi connectivity index (χ2n) is 7.01. The molecule has 0 atom stereocenters. The minimum atomic E-state index is -3.58. The number of aromatic amines is 1. The van der Waals surface area contributed by atoms with Crippen LogP contribution < -0.4 is 9.46 Å². The van der Waals surface area contributed by atoms with Crippen LogP contribution in [0.1, 0.15) is 27.9 Å². The lowest BCUT2D eigenvalue weighted by atomic mass is 10.1. The number of nitrogens with one attached hydrogen (secondary N) is 2. The Hall–Kier alpha value is -2.31. The van der Waals surface area contributed by atoms with Crippen molar-refractivity contribution in [3.05, 3.63) is 58.3 Å². The third kappa shape index (κ3) is 3.87. The van der Waals surface area contributed by atoms with Gasteiger partial charge >= 0.3 is 0 Å². The number of hydrogen-bond donors (Lipinski definition) is 2. The highest BCUT2D eigenvalue weighted by molar-refractivity contribution is 7.89. The molecule has 2 N–H and O–H groups in total. The minimum Gasteiger partial charge on any atom is -0.496 e. The van der Waals surface area contributed by atoms with Gasteiger partial charge in [0.1, 0.15) is 5.75 Å². The number of sulfonamides is 1. The summed E-state index contributed by atoms with van der Waals surface area (Å²) in [7, 11) is -2.00. The molecule has 0 unspecified atom stereocenters. The van der Waals surface area contributed by atoms with Gasteiger partial charge in [-0.3, -0.25) is 0 Å². The van der Waals surface area contributed by atoms with Gasteiger partial charge in [-0.2, -0.15) is 0 Å². The van der Waals surface area contributed by atoms with Gasteiger partial charge in [0.25, 0.3) is 0 Å². The maximum Gasteiger partial charge on any atom is 0.240 e. The molecule has 0 spiro atoms. The average molecular weight is 387 g/mol. The molecule has 0 fully saturated rings. The van der Waals surface area contributed by atoms with Crippen molar-refractivity contribution in [2.75, 3.05) is 13.7 Å². The molecule has 1 aromatic heterocycles. The number of hydrogen-bond acceptors (Lipinski definition) is 3. The van der Waals surface area contributed by atoms with E-state index < -0.39 is 10.0 Å². The summed E-state index contributed by atoms with van der Waals surface area (Å²) in [6.07, 6.45) is 0.628. The van der Waals surface area contributed by atoms with Crippen molar-refractivity contribution in [2.24, 2.45) is 0 Å². The molecule has 0 saturated heterocycles. The molecule has 0 amide bonds. The number of aromatic nitrogens is 1. The normalized spacial score (nSPS) is 11.9. The van der Waals surface area contributed by atoms with Crippen LogP contribution in [0.25, 0.3) is 10.9 Å². The van der Waals surface area contributed by atoms with Crippen molar-refractivity contribution in [2.45, 2.75) is 39.0 Å². The summed E-state index contributed by atoms with van der Waals surface area (Å²) in [6, 6.07) is 9.70. The zero-order valence-corrected chi connectivity index (χ0v) is 17.3. The molecule has 144 valence electrons. The third-order valence-electron chi connectivity index (χ3n) is 4.92. The fourth-order valence-electron chi connectivity index (χ4n) is 3.48. The molecule has 2 aromatic carbocycles. The molecule has 3 aromatic rings. The summed E-state index contributed by atoms with van der Waals surface area (Å²) in [5.41, 5.74) is 5.96. The lowest BCUT2D eigenvalue weighted by Crippen LogP contribution is -2.27. The van der Waals surface area contributed by atoms with Crippen molar-refractivity contribution in [3.8, 4) is 5.75 Å². The van der Waals surface area contributed by atoms with E-state index in [9.17, 15) is 8.42 Å². The van der Waals surface area contributed by atoms with E-state index in [0.29, 0.717) is 29.2 Å². The van der Waals surface area contributed by atoms with Crippen LogP contribution in [0, 0.1) is 27.7 Å². The summed E-state index contributed by atoms with van der Waals surface area (Å²) < 4.78 is 33.6. The van der Waals surface area contributed by atoms with Crippen LogP contribution in [-0.4, -0.2) is 27.1 Å². The summed E-state index contributed by atoms with van der Waals surface area (Å²) in [6.45, 7) is 8.05. The highest BCUT2D eigenvalue weighted by atomic mass is 32.2. The molecule has 0 aliphatic rings. The Bertz CT molecular complexity index is 1100. The van der Waals surface area contributed by atoms with Gasteiger partial charge in [0, 0.05) is 23.1 Å². The first-order valence-electron chi connectivity index (χ1n) is 8.95. The smallest absolute Gasteiger partial charge is 0.240 e. The van der Waals surface area contributed by atoms with E-state index in [1.54, 1.807) is 26.2 Å². The van der Waals surface area contributed by atoms with Crippen LogP contribution in [0.5, 0.6) is 5.75 Å². The van der Waals surface area contributed by atoms with Crippen molar-refractivity contribution >= 4 is 20.9 Å². The first-order valence-corrected chi connectivity index (χ1v) is 10.4. The summed E-state index contributed by atoms with van der Waals surface area (Å²) in [5.74, 6) is 0.691. The lowest BCUT2D eigenvalue weighted by Gasteiger charge is -2.13. The topological polar surface area (TPSA) is 71.2 Å². The third-order valence-corrected chi connectivity index (χ3v) is 6.53. The minimum absolute atomic E-state index is 0.298. The zero-order valence-electron chi connectivity index (χ0n) is 16.4. The van der Waals surface area contributed by atoms with Crippen LogP contribution >= 0.6 is 0 Å². The average Bonchev–Trinajstić information content (AvgIpc) is 2.91. The van der Waals surface area contributed by atoms with Crippen LogP contribution in [-0.2, 0) is 16.4 Å². The van der Waals surface area contributed by atoms with Crippen LogP contribution in [0.4, 0.5) is 0 Å². The van der Waals surface area contributed by atoms with Crippen molar-refractivity contribution in [3.63, 3.8) is 0 Å². The van der Waals surface area contributed by atoms with Gasteiger partial charge in [0.15, 0.2) is 0 Å². The van der Waals surface area contributed by atoms with Gasteiger partial charge in [-0.05, 0) is 75.1 Å². The van der Waals surface area contributed by atoms with Gasteiger partial charge in [-0.15, -0.1) is 0 Å². The fourth-order valence-corrected chi connectivity index (χ4v) is 4.82. The summed E-state index contributed by atoms with van der Waals surface area (Å²) in [4.78, 5) is 3.67. The zero-order chi connectivity index (χ0) is 19.8. The quantitative estimate of drug-likeness (QED) is 0.674. The van der Waals surface area contributed by atoms with Crippen LogP contribution in [0.3, 0.4) is 0 Å². The highest BCUT2D eigenvalue weighted by Gasteiger charge is 2.19. The van der Waals surface area contributed by atoms with Gasteiger partial charge < -0.3 is 9.72 Å². The van der Waals surface area contributed by atoms with E-state index in [-0.39, 0.29) is 0 Å². The number of ether oxygens (including phenoxy) is 1. The Morgan fingerprint density at radius 1 is 1.04 bits per heavy atom. The monoisotopic (exact) mass is 386 g/mol. The van der Waals surface area contributed by atoms with Gasteiger partial charge in [0.2, 0.25) is 10.0 Å². The van der Waals surface area contributed by atoms with Gasteiger partial charge in [0.05, 0.1) is 12.0 Å². The first kappa shape index (κ1) is 19.5. The molecule has 0 saturated carbocycles. The van der Waals surface area contributed by atoms with E-state index in [0.717, 1.165) is 27.7 Å². The Kier molecular flexibility index (Phi) is 5.31. The van der Waals surface area contributed by atoms with Crippen molar-refractivity contribution in [1.82, 2.24) is 9.71 Å². The number of rotatable bonds is 6. The molecule has 0 radical (unpaired) electrons. The predicted molar refractivity (Wildman–Crippen MR) is 109 cm³/mol. The molecular formula is C21H26N2O3S. The predicted octanol–water partition coefficient (Wildman–Crippen LogP) is 3.93. The van der Waals surface area contributed by atoms with Gasteiger partial charge in [-0.25, -0.2) is 13.1 Å². The number of aryl methyl sites for hydroxylation is 4. The van der Waals surface area contributed by atoms with E-state index >= 15 is 0 Å². The van der Waals surface area contributed by atoms with Crippen molar-refractivity contribution < 1.29 is 13.2 Å². The van der Waals surface area contributed by atoms with Crippen molar-refractivity contribution in [1.29, 1.82) is 0 Å². The van der Waals surface area contributed by atoms with Crippen LogP contribution in [0.15, 0.2) is 35.2 Å². The lowest BCUT2D eigenvalue weighted by molar-refractivity contribution is 0.411. The summed E-state index contributed by atoms with van der Waals surface area (Å²) >= 11 is 0. The SMILES string of the molecule is COc1cc(C)c(S(=O)(=O)NCCc2c(C)[nH]c3ccc(C)cc23)cc1C. The van der Waals surface area contributed by atoms with E-state index in [1.807, 2.05) is 13.8 Å². The van der Waals surface area contributed by atoms with E-state index in [4.69, 9.17) is 4.74 Å². The molecular weight excluding hydrogens is 360 g/mol. The second kappa shape index (κ2) is 7.37. The van der Waals surface area contributed by atoms with E-state index in [1.165, 1.54) is 5.56 Å². The van der Waals surface area contributed by atoms with Gasteiger partial charge in [-0.1, -0.05) is 11.6 Å². The fraction of sp³-hybridized carbons (Fsp3) is 0.333. The Balaban J connectivity index is 1.80. The maximum atomic E-state index is 12.8. The number of methoxy groups -OCH3 is 1. The Labute approximate surface area is 160 Å². The maximum absolute atomic E-state index is 12.8. The highest BCUT2D eigenvalue weighted by Crippen LogP contribution is 2.26. The molecule has 3 rings (SSSR count). The van der Waals surface area contributed by atoms with Crippen LogP contribution in [0.2, 0.25) is 0 Å². The molecule has 5 nitrogen and oxygen atoms in total.